The van der Waals surface area contributed by atoms with Crippen LogP contribution in [0, 0.1) is 12.7 Å². The maximum absolute atomic E-state index is 14.2. The normalized spacial score (nSPS) is 12.1. The van der Waals surface area contributed by atoms with Gasteiger partial charge >= 0.3 is 0 Å². The molecule has 0 aliphatic rings. The smallest absolute Gasteiger partial charge is 0.251 e. The van der Waals surface area contributed by atoms with Crippen LogP contribution in [0.15, 0.2) is 66.7 Å². The number of anilines is 1. The molecule has 0 aliphatic carbocycles. The van der Waals surface area contributed by atoms with Crippen molar-refractivity contribution in [3.05, 3.63) is 94.8 Å². The molecule has 1 amide bonds. The van der Waals surface area contributed by atoms with Gasteiger partial charge in [-0.25, -0.2) is 12.8 Å². The molecule has 0 bridgehead atoms. The lowest BCUT2D eigenvalue weighted by atomic mass is 10.0. The number of benzene rings is 3. The van der Waals surface area contributed by atoms with Crippen molar-refractivity contribution >= 4 is 21.6 Å². The topological polar surface area (TPSA) is 75.7 Å². The van der Waals surface area contributed by atoms with Gasteiger partial charge in [0.25, 0.3) is 5.91 Å². The van der Waals surface area contributed by atoms with Gasteiger partial charge in [0, 0.05) is 5.56 Å². The highest BCUT2D eigenvalue weighted by molar-refractivity contribution is 7.92. The summed E-state index contributed by atoms with van der Waals surface area (Å²) in [4.78, 5) is 12.9. The van der Waals surface area contributed by atoms with Crippen LogP contribution in [-0.2, 0) is 16.6 Å². The maximum Gasteiger partial charge on any atom is 0.251 e. The van der Waals surface area contributed by atoms with Gasteiger partial charge in [0.2, 0.25) is 10.0 Å². The van der Waals surface area contributed by atoms with E-state index >= 15 is 0 Å². The van der Waals surface area contributed by atoms with E-state index in [2.05, 4.69) is 5.32 Å². The molecule has 0 heterocycles. The molecule has 0 aliphatic heterocycles. The molecule has 0 saturated heterocycles. The minimum Gasteiger partial charge on any atom is -0.496 e. The number of hydrogen-bond donors (Lipinski definition) is 1. The van der Waals surface area contributed by atoms with Crippen LogP contribution in [0.3, 0.4) is 0 Å². The van der Waals surface area contributed by atoms with Gasteiger partial charge in [-0.1, -0.05) is 43.3 Å². The van der Waals surface area contributed by atoms with Gasteiger partial charge < -0.3 is 10.1 Å². The van der Waals surface area contributed by atoms with Gasteiger partial charge in [0.05, 0.1) is 31.6 Å². The standard InChI is InChI=1S/C26H29FN2O4S/c1-5-23(21-14-15-25(33-3)18(2)16-21)28-26(30)20-12-10-19(11-13-20)17-29(34(4,31)32)24-9-7-6-8-22(24)27/h6-16,23H,5,17H2,1-4H3,(H,28,30)/t23-/m1/s1. The van der Waals surface area contributed by atoms with Crippen LogP contribution >= 0.6 is 0 Å². The molecule has 0 aromatic heterocycles. The quantitative estimate of drug-likeness (QED) is 0.464. The molecule has 3 aromatic carbocycles. The Balaban J connectivity index is 1.75. The highest BCUT2D eigenvalue weighted by Gasteiger charge is 2.21. The lowest BCUT2D eigenvalue weighted by Gasteiger charge is -2.23. The van der Waals surface area contributed by atoms with Crippen LogP contribution in [0.4, 0.5) is 10.1 Å². The molecule has 0 unspecified atom stereocenters. The monoisotopic (exact) mass is 484 g/mol. The van der Waals surface area contributed by atoms with E-state index in [9.17, 15) is 17.6 Å². The molecule has 6 nitrogen and oxygen atoms in total. The summed E-state index contributed by atoms with van der Waals surface area (Å²) in [6.45, 7) is 3.90. The van der Waals surface area contributed by atoms with E-state index in [1.54, 1.807) is 37.4 Å². The summed E-state index contributed by atoms with van der Waals surface area (Å²) in [5.41, 5.74) is 3.03. The van der Waals surface area contributed by atoms with Crippen molar-refractivity contribution in [2.75, 3.05) is 17.7 Å². The number of nitrogens with one attached hydrogen (secondary N) is 1. The minimum atomic E-state index is -3.72. The molecule has 0 spiro atoms. The second kappa shape index (κ2) is 10.7. The summed E-state index contributed by atoms with van der Waals surface area (Å²) in [6, 6.07) is 18.0. The SMILES string of the molecule is CC[C@@H](NC(=O)c1ccc(CN(c2ccccc2F)S(C)(=O)=O)cc1)c1ccc(OC)c(C)c1. The van der Waals surface area contributed by atoms with Crippen molar-refractivity contribution in [2.45, 2.75) is 32.9 Å². The van der Waals surface area contributed by atoms with Crippen LogP contribution in [-0.4, -0.2) is 27.7 Å². The first-order valence-corrected chi connectivity index (χ1v) is 12.8. The second-order valence-corrected chi connectivity index (χ2v) is 9.99. The summed E-state index contributed by atoms with van der Waals surface area (Å²) < 4.78 is 45.2. The Morgan fingerprint density at radius 3 is 2.32 bits per heavy atom. The first kappa shape index (κ1) is 25.2. The first-order valence-electron chi connectivity index (χ1n) is 10.9. The molecular formula is C26H29FN2O4S. The van der Waals surface area contributed by atoms with Crippen molar-refractivity contribution < 1.29 is 22.3 Å². The number of amides is 1. The Hall–Kier alpha value is -3.39. The Morgan fingerprint density at radius 2 is 1.76 bits per heavy atom. The molecule has 3 aromatic rings. The van der Waals surface area contributed by atoms with Gasteiger partial charge in [-0.15, -0.1) is 0 Å². The molecule has 8 heteroatoms. The van der Waals surface area contributed by atoms with E-state index < -0.39 is 15.8 Å². The molecule has 1 atom stereocenters. The number of aryl methyl sites for hydroxylation is 1. The highest BCUT2D eigenvalue weighted by atomic mass is 32.2. The number of sulfonamides is 1. The summed E-state index contributed by atoms with van der Waals surface area (Å²) >= 11 is 0. The van der Waals surface area contributed by atoms with Crippen molar-refractivity contribution in [3.63, 3.8) is 0 Å². The number of rotatable bonds is 9. The fraction of sp³-hybridized carbons (Fsp3) is 0.269. The Morgan fingerprint density at radius 1 is 1.09 bits per heavy atom. The molecule has 0 fully saturated rings. The molecule has 0 radical (unpaired) electrons. The number of halogens is 1. The van der Waals surface area contributed by atoms with E-state index in [1.807, 2.05) is 32.0 Å². The van der Waals surface area contributed by atoms with Crippen LogP contribution in [0.2, 0.25) is 0 Å². The predicted molar refractivity (Wildman–Crippen MR) is 132 cm³/mol. The molecular weight excluding hydrogens is 455 g/mol. The number of carbonyl (C=O) groups is 1. The van der Waals surface area contributed by atoms with E-state index in [4.69, 9.17) is 4.74 Å². The number of nitrogens with zero attached hydrogens (tertiary/aromatic N) is 1. The maximum atomic E-state index is 14.2. The van der Waals surface area contributed by atoms with Gasteiger partial charge in [-0.3, -0.25) is 9.10 Å². The highest BCUT2D eigenvalue weighted by Crippen LogP contribution is 2.26. The fourth-order valence-electron chi connectivity index (χ4n) is 3.74. The summed E-state index contributed by atoms with van der Waals surface area (Å²) in [5, 5.41) is 3.05. The lowest BCUT2D eigenvalue weighted by Crippen LogP contribution is -2.30. The fourth-order valence-corrected chi connectivity index (χ4v) is 4.63. The van der Waals surface area contributed by atoms with E-state index in [1.165, 1.54) is 18.2 Å². The zero-order valence-corrected chi connectivity index (χ0v) is 20.5. The number of hydrogen-bond acceptors (Lipinski definition) is 4. The molecule has 180 valence electrons. The van der Waals surface area contributed by atoms with Gasteiger partial charge in [-0.05, 0) is 60.4 Å². The first-order chi connectivity index (χ1) is 16.1. The predicted octanol–water partition coefficient (Wildman–Crippen LogP) is 4.99. The second-order valence-electron chi connectivity index (χ2n) is 8.08. The lowest BCUT2D eigenvalue weighted by molar-refractivity contribution is 0.0935. The van der Waals surface area contributed by atoms with Gasteiger partial charge in [0.1, 0.15) is 11.6 Å². The Labute approximate surface area is 200 Å². The number of ether oxygens (including phenoxy) is 1. The minimum absolute atomic E-state index is 0.0209. The van der Waals surface area contributed by atoms with Crippen LogP contribution in [0.25, 0.3) is 0 Å². The van der Waals surface area contributed by atoms with E-state index in [0.29, 0.717) is 17.5 Å². The largest absolute Gasteiger partial charge is 0.496 e. The zero-order valence-electron chi connectivity index (χ0n) is 19.7. The number of carbonyl (C=O) groups excluding carboxylic acids is 1. The third kappa shape index (κ3) is 5.94. The van der Waals surface area contributed by atoms with E-state index in [-0.39, 0.29) is 24.2 Å². The van der Waals surface area contributed by atoms with Crippen molar-refractivity contribution in [1.29, 1.82) is 0 Å². The Kier molecular flexibility index (Phi) is 7.94. The average Bonchev–Trinajstić information content (AvgIpc) is 2.81. The van der Waals surface area contributed by atoms with Gasteiger partial charge in [-0.2, -0.15) is 0 Å². The van der Waals surface area contributed by atoms with Crippen molar-refractivity contribution in [1.82, 2.24) is 5.32 Å². The Bertz CT molecular complexity index is 1260. The van der Waals surface area contributed by atoms with Gasteiger partial charge in [0.15, 0.2) is 0 Å². The van der Waals surface area contributed by atoms with Crippen LogP contribution in [0.1, 0.15) is 46.4 Å². The number of para-hydroxylation sites is 1. The summed E-state index contributed by atoms with van der Waals surface area (Å²) in [6.07, 6.45) is 1.74. The summed E-state index contributed by atoms with van der Waals surface area (Å²) in [5.74, 6) is -0.0664. The zero-order chi connectivity index (χ0) is 24.9. The van der Waals surface area contributed by atoms with Crippen LogP contribution < -0.4 is 14.4 Å². The molecule has 3 rings (SSSR count). The molecule has 34 heavy (non-hydrogen) atoms. The van der Waals surface area contributed by atoms with Crippen molar-refractivity contribution in [3.8, 4) is 5.75 Å². The number of methoxy groups -OCH3 is 1. The third-order valence-electron chi connectivity index (χ3n) is 5.60. The average molecular weight is 485 g/mol. The molecule has 0 saturated carbocycles. The molecule has 1 N–H and O–H groups in total. The van der Waals surface area contributed by atoms with E-state index in [0.717, 1.165) is 27.4 Å². The van der Waals surface area contributed by atoms with Crippen molar-refractivity contribution in [2.24, 2.45) is 0 Å². The summed E-state index contributed by atoms with van der Waals surface area (Å²) in [7, 11) is -2.10. The van der Waals surface area contributed by atoms with Crippen LogP contribution in [0.5, 0.6) is 5.75 Å². The third-order valence-corrected chi connectivity index (χ3v) is 6.73.